The molecule has 0 aliphatic rings. The number of rotatable bonds is 10. The summed E-state index contributed by atoms with van der Waals surface area (Å²) in [5, 5.41) is 8.43. The largest absolute Gasteiger partial charge is 0.481 e. The second-order valence-corrected chi connectivity index (χ2v) is 4.06. The summed E-state index contributed by atoms with van der Waals surface area (Å²) < 4.78 is 4.80. The Morgan fingerprint density at radius 3 is 2.35 bits per heavy atom. The number of carbonyl (C=O) groups excluding carboxylic acids is 1. The third-order valence-corrected chi connectivity index (χ3v) is 2.50. The molecule has 5 nitrogen and oxygen atoms in total. The molecule has 0 saturated heterocycles. The number of carbonyl (C=O) groups is 2. The minimum absolute atomic E-state index is 0.238. The van der Waals surface area contributed by atoms with Crippen LogP contribution in [-0.4, -0.2) is 29.7 Å². The fourth-order valence-electron chi connectivity index (χ4n) is 1.54. The Bertz CT molecular complexity index is 231. The number of carboxylic acids is 1. The highest BCUT2D eigenvalue weighted by molar-refractivity contribution is 5.75. The summed E-state index contributed by atoms with van der Waals surface area (Å²) in [6, 6.07) is -0.519. The fraction of sp³-hybridized carbons (Fsp3) is 0.833. The van der Waals surface area contributed by atoms with Gasteiger partial charge in [0.25, 0.3) is 0 Å². The lowest BCUT2D eigenvalue weighted by Gasteiger charge is -2.09. The minimum atomic E-state index is -0.741. The molecule has 1 atom stereocenters. The lowest BCUT2D eigenvalue weighted by Crippen LogP contribution is -2.32. The molecule has 0 aromatic rings. The summed E-state index contributed by atoms with van der Waals surface area (Å²) in [4.78, 5) is 21.4. The van der Waals surface area contributed by atoms with E-state index in [1.54, 1.807) is 6.92 Å². The number of hydrogen-bond donors (Lipinski definition) is 2. The summed E-state index contributed by atoms with van der Waals surface area (Å²) in [6.07, 6.45) is 5.36. The van der Waals surface area contributed by atoms with Crippen molar-refractivity contribution in [2.24, 2.45) is 5.73 Å². The van der Waals surface area contributed by atoms with Crippen molar-refractivity contribution in [2.75, 3.05) is 6.61 Å². The van der Waals surface area contributed by atoms with Crippen molar-refractivity contribution in [1.82, 2.24) is 0 Å². The van der Waals surface area contributed by atoms with E-state index in [4.69, 9.17) is 15.6 Å². The van der Waals surface area contributed by atoms with Crippen LogP contribution in [0.3, 0.4) is 0 Å². The smallest absolute Gasteiger partial charge is 0.322 e. The number of carboxylic acid groups (broad SMARTS) is 1. The van der Waals surface area contributed by atoms with E-state index >= 15 is 0 Å². The topological polar surface area (TPSA) is 89.6 Å². The van der Waals surface area contributed by atoms with Gasteiger partial charge < -0.3 is 15.6 Å². The molecule has 0 heterocycles. The minimum Gasteiger partial charge on any atom is -0.481 e. The van der Waals surface area contributed by atoms with Crippen LogP contribution in [-0.2, 0) is 14.3 Å². The SMILES string of the molecule is CCOC(=O)C(N)CCCCCCCC(=O)O. The van der Waals surface area contributed by atoms with Gasteiger partial charge in [-0.05, 0) is 19.8 Å². The van der Waals surface area contributed by atoms with Crippen LogP contribution in [0.25, 0.3) is 0 Å². The van der Waals surface area contributed by atoms with Crippen molar-refractivity contribution < 1.29 is 19.4 Å². The van der Waals surface area contributed by atoms with Crippen LogP contribution in [0.2, 0.25) is 0 Å². The normalized spacial score (nSPS) is 12.1. The second-order valence-electron chi connectivity index (χ2n) is 4.06. The van der Waals surface area contributed by atoms with Crippen molar-refractivity contribution in [3.05, 3.63) is 0 Å². The molecule has 0 radical (unpaired) electrons. The highest BCUT2D eigenvalue weighted by atomic mass is 16.5. The van der Waals surface area contributed by atoms with Gasteiger partial charge in [0, 0.05) is 6.42 Å². The van der Waals surface area contributed by atoms with E-state index in [0.717, 1.165) is 32.1 Å². The van der Waals surface area contributed by atoms with E-state index < -0.39 is 12.0 Å². The highest BCUT2D eigenvalue weighted by Gasteiger charge is 2.13. The maximum absolute atomic E-state index is 11.2. The first kappa shape index (κ1) is 15.9. The Hall–Kier alpha value is -1.10. The Morgan fingerprint density at radius 2 is 1.76 bits per heavy atom. The van der Waals surface area contributed by atoms with Gasteiger partial charge in [0.2, 0.25) is 0 Å². The molecule has 0 aliphatic carbocycles. The first-order valence-electron chi connectivity index (χ1n) is 6.22. The first-order valence-corrected chi connectivity index (χ1v) is 6.22. The Kier molecular flexibility index (Phi) is 9.43. The summed E-state index contributed by atoms with van der Waals surface area (Å²) >= 11 is 0. The lowest BCUT2D eigenvalue weighted by molar-refractivity contribution is -0.145. The van der Waals surface area contributed by atoms with Gasteiger partial charge in [0.15, 0.2) is 0 Å². The number of esters is 1. The zero-order chi connectivity index (χ0) is 13.1. The fourth-order valence-corrected chi connectivity index (χ4v) is 1.54. The molecular weight excluding hydrogens is 222 g/mol. The van der Waals surface area contributed by atoms with Crippen molar-refractivity contribution in [3.8, 4) is 0 Å². The molecule has 0 spiro atoms. The summed E-state index contributed by atoms with van der Waals surface area (Å²) in [6.45, 7) is 2.12. The van der Waals surface area contributed by atoms with Crippen LogP contribution >= 0.6 is 0 Å². The van der Waals surface area contributed by atoms with Gasteiger partial charge in [0.1, 0.15) is 6.04 Å². The number of hydrogen-bond acceptors (Lipinski definition) is 4. The van der Waals surface area contributed by atoms with E-state index in [0.29, 0.717) is 13.0 Å². The molecular formula is C12H23NO4. The van der Waals surface area contributed by atoms with Gasteiger partial charge in [-0.15, -0.1) is 0 Å². The quantitative estimate of drug-likeness (QED) is 0.451. The third-order valence-electron chi connectivity index (χ3n) is 2.50. The predicted octanol–water partition coefficient (Wildman–Crippen LogP) is 1.69. The maximum atomic E-state index is 11.2. The standard InChI is InChI=1S/C12H23NO4/c1-2-17-12(16)10(13)8-6-4-3-5-7-9-11(14)15/h10H,2-9,13H2,1H3,(H,14,15). The van der Waals surface area contributed by atoms with E-state index in [1.807, 2.05) is 0 Å². The molecule has 0 aromatic carbocycles. The molecule has 0 rings (SSSR count). The molecule has 5 heteroatoms. The van der Waals surface area contributed by atoms with Gasteiger partial charge >= 0.3 is 11.9 Å². The molecule has 1 unspecified atom stereocenters. The van der Waals surface area contributed by atoms with Crippen LogP contribution in [0, 0.1) is 0 Å². The molecule has 3 N–H and O–H groups in total. The zero-order valence-electron chi connectivity index (χ0n) is 10.5. The average molecular weight is 245 g/mol. The van der Waals surface area contributed by atoms with Crippen molar-refractivity contribution >= 4 is 11.9 Å². The van der Waals surface area contributed by atoms with Gasteiger partial charge in [0.05, 0.1) is 6.61 Å². The average Bonchev–Trinajstić information content (AvgIpc) is 2.27. The second kappa shape index (κ2) is 10.1. The first-order chi connectivity index (χ1) is 8.07. The zero-order valence-corrected chi connectivity index (χ0v) is 10.5. The number of unbranched alkanes of at least 4 members (excludes halogenated alkanes) is 4. The Morgan fingerprint density at radius 1 is 1.18 bits per heavy atom. The van der Waals surface area contributed by atoms with Crippen LogP contribution in [0.4, 0.5) is 0 Å². The molecule has 0 fully saturated rings. The van der Waals surface area contributed by atoms with Gasteiger partial charge in [-0.1, -0.05) is 25.7 Å². The van der Waals surface area contributed by atoms with Crippen molar-refractivity contribution in [1.29, 1.82) is 0 Å². The summed E-state index contributed by atoms with van der Waals surface area (Å²) in [7, 11) is 0. The van der Waals surface area contributed by atoms with Crippen molar-refractivity contribution in [3.63, 3.8) is 0 Å². The molecule has 100 valence electrons. The highest BCUT2D eigenvalue weighted by Crippen LogP contribution is 2.08. The number of aliphatic carboxylic acids is 1. The van der Waals surface area contributed by atoms with Gasteiger partial charge in [-0.3, -0.25) is 9.59 Å². The molecule has 0 bridgehead atoms. The lowest BCUT2D eigenvalue weighted by atomic mass is 10.1. The monoisotopic (exact) mass is 245 g/mol. The van der Waals surface area contributed by atoms with Gasteiger partial charge in [-0.2, -0.15) is 0 Å². The van der Waals surface area contributed by atoms with Crippen LogP contribution in [0.5, 0.6) is 0 Å². The summed E-state index contributed by atoms with van der Waals surface area (Å²) in [5.41, 5.74) is 5.63. The molecule has 0 saturated carbocycles. The van der Waals surface area contributed by atoms with E-state index in [-0.39, 0.29) is 12.4 Å². The molecule has 0 aliphatic heterocycles. The van der Waals surface area contributed by atoms with Crippen LogP contribution in [0.1, 0.15) is 51.9 Å². The van der Waals surface area contributed by atoms with Crippen LogP contribution < -0.4 is 5.73 Å². The van der Waals surface area contributed by atoms with Gasteiger partial charge in [-0.25, -0.2) is 0 Å². The number of ether oxygens (including phenoxy) is 1. The molecule has 0 aromatic heterocycles. The Balaban J connectivity index is 3.33. The molecule has 0 amide bonds. The van der Waals surface area contributed by atoms with E-state index in [2.05, 4.69) is 0 Å². The van der Waals surface area contributed by atoms with E-state index in [1.165, 1.54) is 0 Å². The summed E-state index contributed by atoms with van der Waals surface area (Å²) in [5.74, 6) is -1.08. The van der Waals surface area contributed by atoms with E-state index in [9.17, 15) is 9.59 Å². The number of nitrogens with two attached hydrogens (primary N) is 1. The Labute approximate surface area is 102 Å². The van der Waals surface area contributed by atoms with Crippen molar-refractivity contribution in [2.45, 2.75) is 57.9 Å². The third kappa shape index (κ3) is 9.81. The maximum Gasteiger partial charge on any atom is 0.322 e. The predicted molar refractivity (Wildman–Crippen MR) is 64.6 cm³/mol. The van der Waals surface area contributed by atoms with Crippen LogP contribution in [0.15, 0.2) is 0 Å². The molecule has 17 heavy (non-hydrogen) atoms.